The predicted molar refractivity (Wildman–Crippen MR) is 89.6 cm³/mol. The fourth-order valence-corrected chi connectivity index (χ4v) is 3.23. The Balaban J connectivity index is 1.44. The van der Waals surface area contributed by atoms with Crippen LogP contribution in [0.2, 0.25) is 0 Å². The summed E-state index contributed by atoms with van der Waals surface area (Å²) in [6, 6.07) is 9.73. The Morgan fingerprint density at radius 1 is 1.29 bits per heavy atom. The molecular formula is C19H19N3O2. The Hall–Kier alpha value is -2.82. The van der Waals surface area contributed by atoms with Crippen LogP contribution in [0.3, 0.4) is 0 Å². The molecule has 1 atom stereocenters. The lowest BCUT2D eigenvalue weighted by molar-refractivity contribution is 0.0932. The van der Waals surface area contributed by atoms with E-state index in [0.717, 1.165) is 42.7 Å². The third kappa shape index (κ3) is 2.97. The second-order valence-corrected chi connectivity index (χ2v) is 6.15. The number of amides is 1. The van der Waals surface area contributed by atoms with E-state index in [1.165, 1.54) is 0 Å². The van der Waals surface area contributed by atoms with E-state index in [9.17, 15) is 4.79 Å². The van der Waals surface area contributed by atoms with Crippen molar-refractivity contribution < 1.29 is 9.21 Å². The molecule has 1 unspecified atom stereocenters. The third-order valence-corrected chi connectivity index (χ3v) is 4.50. The van der Waals surface area contributed by atoms with Gasteiger partial charge in [0.2, 0.25) is 0 Å². The standard InChI is InChI=1S/C19H19N3O2/c23-19(21-17-2-1-3-18-16(17)8-11-24-18)15-6-4-14(5-7-15)12-22-10-9-20-13-22/h4-11,13,17H,1-3,12H2,(H,21,23). The molecule has 1 amide bonds. The summed E-state index contributed by atoms with van der Waals surface area (Å²) < 4.78 is 7.48. The van der Waals surface area contributed by atoms with Crippen LogP contribution < -0.4 is 5.32 Å². The van der Waals surface area contributed by atoms with Gasteiger partial charge in [-0.3, -0.25) is 4.79 Å². The maximum absolute atomic E-state index is 12.5. The third-order valence-electron chi connectivity index (χ3n) is 4.50. The molecule has 4 rings (SSSR count). The van der Waals surface area contributed by atoms with Gasteiger partial charge in [-0.05, 0) is 36.6 Å². The normalized spacial score (nSPS) is 16.6. The molecule has 5 nitrogen and oxygen atoms in total. The largest absolute Gasteiger partial charge is 0.469 e. The molecule has 1 aromatic carbocycles. The van der Waals surface area contributed by atoms with Gasteiger partial charge in [0.15, 0.2) is 0 Å². The highest BCUT2D eigenvalue weighted by molar-refractivity contribution is 5.94. The fourth-order valence-electron chi connectivity index (χ4n) is 3.23. The number of benzene rings is 1. The van der Waals surface area contributed by atoms with Crippen molar-refractivity contribution in [3.8, 4) is 0 Å². The van der Waals surface area contributed by atoms with Crippen molar-refractivity contribution in [2.75, 3.05) is 0 Å². The van der Waals surface area contributed by atoms with E-state index in [4.69, 9.17) is 4.42 Å². The van der Waals surface area contributed by atoms with Gasteiger partial charge >= 0.3 is 0 Å². The number of nitrogens with one attached hydrogen (secondary N) is 1. The molecule has 2 heterocycles. The average Bonchev–Trinajstić information content (AvgIpc) is 3.27. The highest BCUT2D eigenvalue weighted by atomic mass is 16.3. The fraction of sp³-hybridized carbons (Fsp3) is 0.263. The minimum Gasteiger partial charge on any atom is -0.469 e. The lowest BCUT2D eigenvalue weighted by Crippen LogP contribution is -2.30. The van der Waals surface area contributed by atoms with Gasteiger partial charge in [0, 0.05) is 36.5 Å². The van der Waals surface area contributed by atoms with Crippen LogP contribution >= 0.6 is 0 Å². The monoisotopic (exact) mass is 321 g/mol. The molecular weight excluding hydrogens is 302 g/mol. The van der Waals surface area contributed by atoms with E-state index in [1.807, 2.05) is 41.1 Å². The van der Waals surface area contributed by atoms with Gasteiger partial charge in [-0.2, -0.15) is 0 Å². The summed E-state index contributed by atoms with van der Waals surface area (Å²) in [6.07, 6.45) is 10.1. The van der Waals surface area contributed by atoms with Crippen LogP contribution in [0, 0.1) is 0 Å². The van der Waals surface area contributed by atoms with Gasteiger partial charge in [0.05, 0.1) is 18.6 Å². The molecule has 0 saturated heterocycles. The molecule has 1 aliphatic rings. The Morgan fingerprint density at radius 2 is 2.17 bits per heavy atom. The van der Waals surface area contributed by atoms with Crippen molar-refractivity contribution in [3.63, 3.8) is 0 Å². The Morgan fingerprint density at radius 3 is 2.96 bits per heavy atom. The highest BCUT2D eigenvalue weighted by Gasteiger charge is 2.24. The van der Waals surface area contributed by atoms with E-state index in [2.05, 4.69) is 10.3 Å². The zero-order valence-corrected chi connectivity index (χ0v) is 13.3. The summed E-state index contributed by atoms with van der Waals surface area (Å²) in [6.45, 7) is 0.753. The van der Waals surface area contributed by atoms with Gasteiger partial charge in [0.1, 0.15) is 5.76 Å². The van der Waals surface area contributed by atoms with Crippen molar-refractivity contribution in [2.45, 2.75) is 31.8 Å². The van der Waals surface area contributed by atoms with E-state index in [-0.39, 0.29) is 11.9 Å². The molecule has 5 heteroatoms. The van der Waals surface area contributed by atoms with Crippen molar-refractivity contribution >= 4 is 5.91 Å². The van der Waals surface area contributed by atoms with Crippen molar-refractivity contribution in [1.29, 1.82) is 0 Å². The van der Waals surface area contributed by atoms with Crippen LogP contribution in [0.15, 0.2) is 59.7 Å². The number of furan rings is 1. The van der Waals surface area contributed by atoms with Crippen molar-refractivity contribution in [2.24, 2.45) is 0 Å². The Labute approximate surface area is 140 Å². The molecule has 2 aromatic heterocycles. The maximum Gasteiger partial charge on any atom is 0.251 e. The number of aromatic nitrogens is 2. The van der Waals surface area contributed by atoms with Gasteiger partial charge in [-0.15, -0.1) is 0 Å². The smallest absolute Gasteiger partial charge is 0.251 e. The molecule has 0 saturated carbocycles. The van der Waals surface area contributed by atoms with E-state index in [0.29, 0.717) is 5.56 Å². The molecule has 0 bridgehead atoms. The highest BCUT2D eigenvalue weighted by Crippen LogP contribution is 2.30. The van der Waals surface area contributed by atoms with Crippen LogP contribution in [0.1, 0.15) is 46.1 Å². The molecule has 3 aromatic rings. The summed E-state index contributed by atoms with van der Waals surface area (Å²) in [5.41, 5.74) is 2.94. The SMILES string of the molecule is O=C(NC1CCCc2occc21)c1ccc(Cn2ccnc2)cc1. The zero-order chi connectivity index (χ0) is 16.4. The van der Waals surface area contributed by atoms with Gasteiger partial charge in [-0.25, -0.2) is 4.98 Å². The summed E-state index contributed by atoms with van der Waals surface area (Å²) in [5.74, 6) is 0.963. The van der Waals surface area contributed by atoms with Gasteiger partial charge in [0.25, 0.3) is 5.91 Å². The number of hydrogen-bond acceptors (Lipinski definition) is 3. The van der Waals surface area contributed by atoms with E-state index in [1.54, 1.807) is 18.8 Å². The molecule has 0 fully saturated rings. The molecule has 0 radical (unpaired) electrons. The predicted octanol–water partition coefficient (Wildman–Crippen LogP) is 3.33. The van der Waals surface area contributed by atoms with Crippen LogP contribution in [0.5, 0.6) is 0 Å². The molecule has 24 heavy (non-hydrogen) atoms. The van der Waals surface area contributed by atoms with Crippen molar-refractivity contribution in [1.82, 2.24) is 14.9 Å². The number of aryl methyl sites for hydroxylation is 1. The van der Waals surface area contributed by atoms with Gasteiger partial charge in [-0.1, -0.05) is 12.1 Å². The quantitative estimate of drug-likeness (QED) is 0.802. The first-order valence-electron chi connectivity index (χ1n) is 8.21. The van der Waals surface area contributed by atoms with E-state index >= 15 is 0 Å². The number of imidazole rings is 1. The summed E-state index contributed by atoms with van der Waals surface area (Å²) in [5, 5.41) is 3.13. The van der Waals surface area contributed by atoms with Gasteiger partial charge < -0.3 is 14.3 Å². The minimum absolute atomic E-state index is 0.0387. The molecule has 1 N–H and O–H groups in total. The number of carbonyl (C=O) groups is 1. The molecule has 0 spiro atoms. The van der Waals surface area contributed by atoms with Crippen LogP contribution in [-0.4, -0.2) is 15.5 Å². The topological polar surface area (TPSA) is 60.1 Å². The number of nitrogens with zero attached hydrogens (tertiary/aromatic N) is 2. The molecule has 1 aliphatic carbocycles. The van der Waals surface area contributed by atoms with Crippen LogP contribution in [0.4, 0.5) is 0 Å². The van der Waals surface area contributed by atoms with Crippen LogP contribution in [0.25, 0.3) is 0 Å². The first-order valence-corrected chi connectivity index (χ1v) is 8.21. The Bertz CT molecular complexity index is 819. The molecule has 122 valence electrons. The Kier molecular flexibility index (Phi) is 3.91. The van der Waals surface area contributed by atoms with Crippen LogP contribution in [-0.2, 0) is 13.0 Å². The first-order chi connectivity index (χ1) is 11.8. The molecule has 0 aliphatic heterocycles. The average molecular weight is 321 g/mol. The first kappa shape index (κ1) is 14.8. The number of hydrogen-bond donors (Lipinski definition) is 1. The lowest BCUT2D eigenvalue weighted by Gasteiger charge is -2.22. The number of rotatable bonds is 4. The summed E-state index contributed by atoms with van der Waals surface area (Å²) in [4.78, 5) is 16.6. The summed E-state index contributed by atoms with van der Waals surface area (Å²) >= 11 is 0. The minimum atomic E-state index is -0.0387. The second-order valence-electron chi connectivity index (χ2n) is 6.15. The zero-order valence-electron chi connectivity index (χ0n) is 13.3. The second kappa shape index (κ2) is 6.35. The lowest BCUT2D eigenvalue weighted by atomic mass is 9.93. The van der Waals surface area contributed by atoms with Crippen molar-refractivity contribution in [3.05, 3.63) is 77.8 Å². The van der Waals surface area contributed by atoms with E-state index < -0.39 is 0 Å². The number of fused-ring (bicyclic) bond motifs is 1. The maximum atomic E-state index is 12.5. The summed E-state index contributed by atoms with van der Waals surface area (Å²) in [7, 11) is 0. The number of carbonyl (C=O) groups excluding carboxylic acids is 1.